The predicted molar refractivity (Wildman–Crippen MR) is 49.6 cm³/mol. The van der Waals surface area contributed by atoms with Crippen molar-refractivity contribution in [3.8, 4) is 0 Å². The number of nitrogens with one attached hydrogen (secondary N) is 1. The molecule has 11 heavy (non-hydrogen) atoms. The van der Waals surface area contributed by atoms with Crippen LogP contribution >= 0.6 is 0 Å². The van der Waals surface area contributed by atoms with Gasteiger partial charge >= 0.3 is 0 Å². The van der Waals surface area contributed by atoms with Crippen LogP contribution in [0.3, 0.4) is 0 Å². The standard InChI is InChI=1S/C10H21N/c1-4-5-9(8(2)3)6-10-7-11-10/h8-11H,4-7H2,1-3H3. The lowest BCUT2D eigenvalue weighted by Gasteiger charge is -2.19. The Hall–Kier alpha value is -0.0400. The highest BCUT2D eigenvalue weighted by Crippen LogP contribution is 2.24. The fourth-order valence-corrected chi connectivity index (χ4v) is 1.71. The smallest absolute Gasteiger partial charge is 0.0195 e. The van der Waals surface area contributed by atoms with E-state index in [0.29, 0.717) is 0 Å². The Kier molecular flexibility index (Phi) is 3.38. The minimum atomic E-state index is 0.869. The van der Waals surface area contributed by atoms with Crippen LogP contribution in [0.2, 0.25) is 0 Å². The minimum Gasteiger partial charge on any atom is -0.311 e. The molecule has 1 heterocycles. The maximum absolute atomic E-state index is 3.38. The summed E-state index contributed by atoms with van der Waals surface area (Å²) in [5.74, 6) is 1.83. The lowest BCUT2D eigenvalue weighted by molar-refractivity contribution is 0.332. The second-order valence-electron chi connectivity index (χ2n) is 4.13. The second kappa shape index (κ2) is 4.10. The van der Waals surface area contributed by atoms with Crippen LogP contribution in [0.25, 0.3) is 0 Å². The van der Waals surface area contributed by atoms with E-state index in [4.69, 9.17) is 0 Å². The minimum absolute atomic E-state index is 0.869. The molecule has 1 saturated heterocycles. The van der Waals surface area contributed by atoms with Gasteiger partial charge in [-0.25, -0.2) is 0 Å². The summed E-state index contributed by atoms with van der Waals surface area (Å²) in [4.78, 5) is 0. The Morgan fingerprint density at radius 3 is 2.45 bits per heavy atom. The molecule has 0 aromatic rings. The van der Waals surface area contributed by atoms with Crippen LogP contribution in [0.5, 0.6) is 0 Å². The zero-order valence-corrected chi connectivity index (χ0v) is 8.06. The first-order valence-electron chi connectivity index (χ1n) is 4.97. The van der Waals surface area contributed by atoms with Crippen molar-refractivity contribution in [1.82, 2.24) is 5.32 Å². The number of hydrogen-bond acceptors (Lipinski definition) is 1. The molecule has 66 valence electrons. The maximum atomic E-state index is 3.38. The maximum Gasteiger partial charge on any atom is 0.0195 e. The molecule has 0 aliphatic carbocycles. The molecular formula is C10H21N. The lowest BCUT2D eigenvalue weighted by atomic mass is 9.87. The van der Waals surface area contributed by atoms with E-state index in [1.54, 1.807) is 0 Å². The van der Waals surface area contributed by atoms with Crippen LogP contribution in [0.1, 0.15) is 40.0 Å². The van der Waals surface area contributed by atoms with Crippen molar-refractivity contribution in [3.63, 3.8) is 0 Å². The Bertz CT molecular complexity index is 105. The predicted octanol–water partition coefficient (Wildman–Crippen LogP) is 2.42. The summed E-state index contributed by atoms with van der Waals surface area (Å²) in [6.45, 7) is 8.26. The Morgan fingerprint density at radius 1 is 1.45 bits per heavy atom. The molecule has 0 spiro atoms. The van der Waals surface area contributed by atoms with Crippen molar-refractivity contribution in [2.24, 2.45) is 11.8 Å². The third-order valence-corrected chi connectivity index (χ3v) is 2.68. The molecule has 0 amide bonds. The van der Waals surface area contributed by atoms with Gasteiger partial charge in [-0.1, -0.05) is 33.6 Å². The van der Waals surface area contributed by atoms with Gasteiger partial charge in [0, 0.05) is 12.6 Å². The van der Waals surface area contributed by atoms with Crippen molar-refractivity contribution in [2.45, 2.75) is 46.1 Å². The fraction of sp³-hybridized carbons (Fsp3) is 1.00. The molecule has 1 rings (SSSR count). The van der Waals surface area contributed by atoms with Gasteiger partial charge in [0.05, 0.1) is 0 Å². The first-order valence-corrected chi connectivity index (χ1v) is 4.97. The highest BCUT2D eigenvalue weighted by atomic mass is 15.1. The van der Waals surface area contributed by atoms with Gasteiger partial charge in [-0.05, 0) is 18.3 Å². The van der Waals surface area contributed by atoms with Gasteiger partial charge in [-0.3, -0.25) is 0 Å². The third-order valence-electron chi connectivity index (χ3n) is 2.68. The van der Waals surface area contributed by atoms with Crippen LogP contribution in [0.15, 0.2) is 0 Å². The summed E-state index contributed by atoms with van der Waals surface area (Å²) in [6.07, 6.45) is 4.16. The van der Waals surface area contributed by atoms with E-state index >= 15 is 0 Å². The molecule has 1 aliphatic rings. The zero-order chi connectivity index (χ0) is 8.27. The Balaban J connectivity index is 2.19. The van der Waals surface area contributed by atoms with Crippen LogP contribution in [0, 0.1) is 11.8 Å². The molecule has 2 atom stereocenters. The van der Waals surface area contributed by atoms with E-state index in [-0.39, 0.29) is 0 Å². The Labute approximate surface area is 70.6 Å². The van der Waals surface area contributed by atoms with Crippen molar-refractivity contribution in [2.75, 3.05) is 6.54 Å². The molecule has 0 aromatic carbocycles. The van der Waals surface area contributed by atoms with Crippen LogP contribution in [0.4, 0.5) is 0 Å². The van der Waals surface area contributed by atoms with E-state index in [1.165, 1.54) is 25.8 Å². The SMILES string of the molecule is CCCC(CC1CN1)C(C)C. The van der Waals surface area contributed by atoms with Gasteiger partial charge < -0.3 is 5.32 Å². The van der Waals surface area contributed by atoms with Gasteiger partial charge in [0.15, 0.2) is 0 Å². The first-order chi connectivity index (χ1) is 5.24. The summed E-state index contributed by atoms with van der Waals surface area (Å²) in [5, 5.41) is 3.38. The Morgan fingerprint density at radius 2 is 2.09 bits per heavy atom. The first kappa shape index (κ1) is 9.05. The molecule has 1 aliphatic heterocycles. The number of rotatable bonds is 5. The molecule has 2 unspecified atom stereocenters. The topological polar surface area (TPSA) is 21.9 Å². The van der Waals surface area contributed by atoms with Crippen LogP contribution in [-0.4, -0.2) is 12.6 Å². The monoisotopic (exact) mass is 155 g/mol. The quantitative estimate of drug-likeness (QED) is 0.605. The molecule has 0 bridgehead atoms. The van der Waals surface area contributed by atoms with E-state index < -0.39 is 0 Å². The van der Waals surface area contributed by atoms with Gasteiger partial charge in [-0.15, -0.1) is 0 Å². The van der Waals surface area contributed by atoms with Gasteiger partial charge in [0.1, 0.15) is 0 Å². The molecule has 1 nitrogen and oxygen atoms in total. The molecule has 1 heteroatoms. The van der Waals surface area contributed by atoms with Gasteiger partial charge in [0.2, 0.25) is 0 Å². The van der Waals surface area contributed by atoms with E-state index in [9.17, 15) is 0 Å². The highest BCUT2D eigenvalue weighted by Gasteiger charge is 2.25. The molecule has 0 radical (unpaired) electrons. The van der Waals surface area contributed by atoms with Crippen LogP contribution in [-0.2, 0) is 0 Å². The van der Waals surface area contributed by atoms with Crippen molar-refractivity contribution in [1.29, 1.82) is 0 Å². The largest absolute Gasteiger partial charge is 0.311 e. The highest BCUT2D eigenvalue weighted by molar-refractivity contribution is 4.85. The van der Waals surface area contributed by atoms with Gasteiger partial charge in [-0.2, -0.15) is 0 Å². The summed E-state index contributed by atoms with van der Waals surface area (Å²) in [6, 6.07) is 0.869. The second-order valence-corrected chi connectivity index (χ2v) is 4.13. The molecule has 1 fully saturated rings. The normalized spacial score (nSPS) is 25.6. The van der Waals surface area contributed by atoms with Crippen LogP contribution < -0.4 is 5.32 Å². The number of hydrogen-bond donors (Lipinski definition) is 1. The summed E-state index contributed by atoms with van der Waals surface area (Å²) in [5.41, 5.74) is 0. The van der Waals surface area contributed by atoms with E-state index in [0.717, 1.165) is 17.9 Å². The van der Waals surface area contributed by atoms with Crippen molar-refractivity contribution < 1.29 is 0 Å². The zero-order valence-electron chi connectivity index (χ0n) is 8.06. The summed E-state index contributed by atoms with van der Waals surface area (Å²) >= 11 is 0. The average molecular weight is 155 g/mol. The lowest BCUT2D eigenvalue weighted by Crippen LogP contribution is -2.12. The van der Waals surface area contributed by atoms with Crippen molar-refractivity contribution >= 4 is 0 Å². The average Bonchev–Trinajstić information content (AvgIpc) is 2.70. The van der Waals surface area contributed by atoms with Gasteiger partial charge in [0.25, 0.3) is 0 Å². The summed E-state index contributed by atoms with van der Waals surface area (Å²) < 4.78 is 0. The fourth-order valence-electron chi connectivity index (χ4n) is 1.71. The molecule has 0 saturated carbocycles. The van der Waals surface area contributed by atoms with E-state index in [1.807, 2.05) is 0 Å². The molecule has 1 N–H and O–H groups in total. The summed E-state index contributed by atoms with van der Waals surface area (Å²) in [7, 11) is 0. The molecule has 0 aromatic heterocycles. The molecular weight excluding hydrogens is 134 g/mol. The van der Waals surface area contributed by atoms with Crippen molar-refractivity contribution in [3.05, 3.63) is 0 Å². The van der Waals surface area contributed by atoms with E-state index in [2.05, 4.69) is 26.1 Å². The third kappa shape index (κ3) is 3.24.